The minimum atomic E-state index is -4.19. The Morgan fingerprint density at radius 1 is 1.13 bits per heavy atom. The number of carbonyl (C=O) groups is 1. The van der Waals surface area contributed by atoms with Gasteiger partial charge >= 0.3 is 10.2 Å². The summed E-state index contributed by atoms with van der Waals surface area (Å²) >= 11 is 0. The third-order valence-electron chi connectivity index (χ3n) is 6.71. The van der Waals surface area contributed by atoms with E-state index >= 15 is 0 Å². The molecule has 14 heteroatoms. The molecule has 1 aromatic carbocycles. The Morgan fingerprint density at radius 3 is 2.38 bits per heavy atom. The molecule has 0 fully saturated rings. The highest BCUT2D eigenvalue weighted by Crippen LogP contribution is 2.36. The van der Waals surface area contributed by atoms with Crippen LogP contribution in [0.5, 0.6) is 5.75 Å². The van der Waals surface area contributed by atoms with E-state index in [9.17, 15) is 13.2 Å². The number of carbonyl (C=O) groups excluding carboxylic acids is 1. The molecule has 0 spiro atoms. The van der Waals surface area contributed by atoms with Gasteiger partial charge in [0.15, 0.2) is 14.0 Å². The summed E-state index contributed by atoms with van der Waals surface area (Å²) in [7, 11) is -5.05. The lowest BCUT2D eigenvalue weighted by Gasteiger charge is -2.37. The van der Waals surface area contributed by atoms with Crippen LogP contribution in [0.2, 0.25) is 18.1 Å². The Bertz CT molecular complexity index is 1120. The maximum Gasteiger partial charge on any atom is 0.305 e. The van der Waals surface area contributed by atoms with E-state index in [-0.39, 0.29) is 56.1 Å². The predicted octanol–water partition coefficient (Wildman–Crippen LogP) is 2.38. The minimum Gasteiger partial charge on any atom is -0.489 e. The van der Waals surface area contributed by atoms with Crippen molar-refractivity contribution in [2.75, 3.05) is 65.1 Å². The van der Waals surface area contributed by atoms with Gasteiger partial charge in [-0.15, -0.1) is 0 Å². The van der Waals surface area contributed by atoms with E-state index in [2.05, 4.69) is 50.9 Å². The number of nitrogens with zero attached hydrogens (tertiary/aromatic N) is 3. The number of benzene rings is 1. The van der Waals surface area contributed by atoms with Crippen molar-refractivity contribution in [2.45, 2.75) is 38.9 Å². The summed E-state index contributed by atoms with van der Waals surface area (Å²) in [5.74, 6) is -0.719. The van der Waals surface area contributed by atoms with Crippen molar-refractivity contribution in [3.63, 3.8) is 0 Å². The molecular formula is C25H43N5O7SSi. The fraction of sp³-hybridized carbons (Fsp3) is 0.600. The van der Waals surface area contributed by atoms with Crippen LogP contribution >= 0.6 is 0 Å². The Labute approximate surface area is 233 Å². The molecule has 0 aromatic heterocycles. The second-order valence-corrected chi connectivity index (χ2v) is 17.2. The van der Waals surface area contributed by atoms with Gasteiger partial charge in [-0.05, 0) is 37.0 Å². The number of fused-ring (bicyclic) bond motifs is 1. The Hall–Kier alpha value is -2.49. The second-order valence-electron chi connectivity index (χ2n) is 10.4. The van der Waals surface area contributed by atoms with Crippen LogP contribution in [0.15, 0.2) is 40.8 Å². The van der Waals surface area contributed by atoms with E-state index in [1.54, 1.807) is 24.3 Å². The summed E-state index contributed by atoms with van der Waals surface area (Å²) in [4.78, 5) is 16.8. The quantitative estimate of drug-likeness (QED) is 0.396. The van der Waals surface area contributed by atoms with Crippen molar-refractivity contribution >= 4 is 36.8 Å². The molecule has 220 valence electrons. The Kier molecular flexibility index (Phi) is 11.9. The van der Waals surface area contributed by atoms with Crippen molar-refractivity contribution in [1.29, 1.82) is 0 Å². The molecule has 0 unspecified atom stereocenters. The molecule has 1 aliphatic rings. The van der Waals surface area contributed by atoms with Crippen LogP contribution in [0.3, 0.4) is 0 Å². The lowest BCUT2D eigenvalue weighted by Crippen LogP contribution is -2.48. The third-order valence-corrected chi connectivity index (χ3v) is 13.2. The molecule has 12 nitrogen and oxygen atoms in total. The maximum absolute atomic E-state index is 13.7. The van der Waals surface area contributed by atoms with Crippen molar-refractivity contribution in [1.82, 2.24) is 8.61 Å². The van der Waals surface area contributed by atoms with Crippen LogP contribution in [-0.2, 0) is 28.9 Å². The average Bonchev–Trinajstić information content (AvgIpc) is 2.86. The first-order valence-electron chi connectivity index (χ1n) is 12.8. The van der Waals surface area contributed by atoms with Gasteiger partial charge in [-0.2, -0.15) is 12.7 Å². The number of nitrogens with two attached hydrogens (primary N) is 1. The third kappa shape index (κ3) is 9.01. The molecule has 0 aliphatic carbocycles. The van der Waals surface area contributed by atoms with Gasteiger partial charge in [0.25, 0.3) is 5.91 Å². The van der Waals surface area contributed by atoms with Crippen LogP contribution in [0.25, 0.3) is 0 Å². The zero-order valence-electron chi connectivity index (χ0n) is 23.9. The summed E-state index contributed by atoms with van der Waals surface area (Å²) in [6, 6.07) is 6.80. The van der Waals surface area contributed by atoms with Gasteiger partial charge in [0.1, 0.15) is 18.2 Å². The van der Waals surface area contributed by atoms with Gasteiger partial charge in [0.05, 0.1) is 32.1 Å². The van der Waals surface area contributed by atoms with Crippen LogP contribution in [-0.4, -0.2) is 97.7 Å². The van der Waals surface area contributed by atoms with Gasteiger partial charge in [0, 0.05) is 26.7 Å². The monoisotopic (exact) mass is 585 g/mol. The molecule has 1 amide bonds. The number of hydrogen-bond donors (Lipinski definition) is 2. The molecule has 3 N–H and O–H groups in total. The predicted molar refractivity (Wildman–Crippen MR) is 154 cm³/mol. The highest BCUT2D eigenvalue weighted by molar-refractivity contribution is 7.86. The number of anilines is 1. The number of rotatable bonds is 5. The van der Waals surface area contributed by atoms with Gasteiger partial charge in [-0.1, -0.05) is 32.9 Å². The van der Waals surface area contributed by atoms with Crippen molar-refractivity contribution in [2.24, 2.45) is 10.7 Å². The molecule has 0 saturated heterocycles. The van der Waals surface area contributed by atoms with Gasteiger partial charge in [-0.3, -0.25) is 9.79 Å². The summed E-state index contributed by atoms with van der Waals surface area (Å²) in [6.45, 7) is 15.5. The molecule has 1 aromatic rings. The average molecular weight is 586 g/mol. The fourth-order valence-electron chi connectivity index (χ4n) is 3.25. The first-order chi connectivity index (χ1) is 18.2. The number of nitrogens with one attached hydrogen (secondary N) is 1. The highest BCUT2D eigenvalue weighted by Gasteiger charge is 2.38. The van der Waals surface area contributed by atoms with E-state index in [1.807, 2.05) is 0 Å². The number of amides is 1. The second kappa shape index (κ2) is 14.2. The highest BCUT2D eigenvalue weighted by atomic mass is 32.2. The van der Waals surface area contributed by atoms with E-state index < -0.39 is 24.4 Å². The Balaban J connectivity index is 2.37. The molecular weight excluding hydrogens is 542 g/mol. The van der Waals surface area contributed by atoms with Crippen LogP contribution in [0.1, 0.15) is 20.8 Å². The van der Waals surface area contributed by atoms with Crippen LogP contribution in [0.4, 0.5) is 5.69 Å². The van der Waals surface area contributed by atoms with Gasteiger partial charge in [0.2, 0.25) is 0 Å². The maximum atomic E-state index is 13.7. The van der Waals surface area contributed by atoms with Gasteiger partial charge in [-0.25, -0.2) is 4.31 Å². The lowest BCUT2D eigenvalue weighted by molar-refractivity contribution is -0.113. The van der Waals surface area contributed by atoms with Crippen molar-refractivity contribution < 1.29 is 31.8 Å². The largest absolute Gasteiger partial charge is 0.489 e. The van der Waals surface area contributed by atoms with Crippen LogP contribution in [0, 0.1) is 0 Å². The molecule has 0 radical (unpaired) electrons. The normalized spacial score (nSPS) is 21.2. The number of hydrogen-bond acceptors (Lipinski definition) is 9. The summed E-state index contributed by atoms with van der Waals surface area (Å²) in [5, 5.41) is 2.64. The number of ether oxygens (including phenoxy) is 3. The van der Waals surface area contributed by atoms with Crippen LogP contribution < -0.4 is 15.8 Å². The molecule has 39 heavy (non-hydrogen) atoms. The zero-order valence-corrected chi connectivity index (χ0v) is 25.7. The summed E-state index contributed by atoms with van der Waals surface area (Å²) in [5.41, 5.74) is 6.19. The van der Waals surface area contributed by atoms with Gasteiger partial charge < -0.3 is 29.7 Å². The fourth-order valence-corrected chi connectivity index (χ4v) is 5.58. The number of para-hydroxylation sites is 2. The van der Waals surface area contributed by atoms with E-state index in [1.165, 1.54) is 11.4 Å². The van der Waals surface area contributed by atoms with Crippen molar-refractivity contribution in [3.05, 3.63) is 35.8 Å². The lowest BCUT2D eigenvalue weighted by atomic mass is 10.2. The molecule has 1 heterocycles. The molecule has 0 saturated carbocycles. The SMILES string of the molecule is C=N/C1=C(/N)N(C)S(=O)(=O)N(CCO[Si](C)(C)C(C)(C)C)CCOCCOCCOc2ccccc2NC1=O. The first-order valence-corrected chi connectivity index (χ1v) is 17.1. The standard InChI is InChI=1S/C25H43N5O7SSi/c1-25(2,3)39(6,7)37-15-13-30-12-14-34-16-17-35-18-19-36-21-11-9-8-10-20(21)28-24(31)22(27-4)23(26)29(5)38(30,32)33/h8-11H,4,12-19,26H2,1-3,5-7H3,(H,28,31)/b23-22-. The summed E-state index contributed by atoms with van der Waals surface area (Å²) < 4.78 is 52.5. The Morgan fingerprint density at radius 2 is 1.74 bits per heavy atom. The smallest absolute Gasteiger partial charge is 0.305 e. The van der Waals surface area contributed by atoms with E-state index in [4.69, 9.17) is 24.4 Å². The first kappa shape index (κ1) is 32.7. The molecule has 0 atom stereocenters. The topological polar surface area (TPSA) is 145 Å². The molecule has 0 bridgehead atoms. The molecule has 2 rings (SSSR count). The van der Waals surface area contributed by atoms with E-state index in [0.29, 0.717) is 24.7 Å². The molecule has 1 aliphatic heterocycles. The number of aliphatic imine (C=N–C) groups is 1. The summed E-state index contributed by atoms with van der Waals surface area (Å²) in [6.07, 6.45) is 0. The van der Waals surface area contributed by atoms with Crippen molar-refractivity contribution in [3.8, 4) is 5.75 Å². The zero-order chi connectivity index (χ0) is 29.3. The van der Waals surface area contributed by atoms with E-state index in [0.717, 1.165) is 4.31 Å². The minimum absolute atomic E-state index is 0.0338.